The Labute approximate surface area is 457 Å². The summed E-state index contributed by atoms with van der Waals surface area (Å²) >= 11 is 0. The van der Waals surface area contributed by atoms with Gasteiger partial charge in [0.15, 0.2) is 11.9 Å². The van der Waals surface area contributed by atoms with Crippen LogP contribution >= 0.6 is 0 Å². The molecule has 0 aliphatic carbocycles. The maximum Gasteiger partial charge on any atom is 0.416 e. The van der Waals surface area contributed by atoms with E-state index in [1.165, 1.54) is 6.07 Å². The van der Waals surface area contributed by atoms with Crippen molar-refractivity contribution in [1.29, 1.82) is 0 Å². The van der Waals surface area contributed by atoms with Gasteiger partial charge in [-0.05, 0) is 74.6 Å². The fourth-order valence-electron chi connectivity index (χ4n) is 8.57. The summed E-state index contributed by atoms with van der Waals surface area (Å²) in [7, 11) is 0. The highest BCUT2D eigenvalue weighted by Crippen LogP contribution is 2.32. The van der Waals surface area contributed by atoms with E-state index in [9.17, 15) is 61.1 Å². The molecule has 7 atom stereocenters. The summed E-state index contributed by atoms with van der Waals surface area (Å²) in [6.45, 7) is 0.960. The smallest absolute Gasteiger partial charge is 0.370 e. The highest BCUT2D eigenvalue weighted by atomic mass is 19.4. The topological polar surface area (TPSA) is 464 Å². The number of primary amides is 2. The average Bonchev–Trinajstić information content (AvgIpc) is 3.79. The van der Waals surface area contributed by atoms with Gasteiger partial charge in [-0.3, -0.25) is 57.9 Å². The molecule has 0 bridgehead atoms. The summed E-state index contributed by atoms with van der Waals surface area (Å²) in [5.74, 6) is -10.3. The Hall–Kier alpha value is -8.99. The van der Waals surface area contributed by atoms with Gasteiger partial charge in [0.2, 0.25) is 59.1 Å². The van der Waals surface area contributed by atoms with Crippen molar-refractivity contribution < 1.29 is 61.1 Å². The molecule has 0 radical (unpaired) electrons. The number of aromatic nitrogens is 1. The Bertz CT molecular complexity index is 2760. The number of nitrogens with zero attached hydrogens (tertiary/aromatic N) is 2. The predicted molar refractivity (Wildman–Crippen MR) is 285 cm³/mol. The number of nitrogens with one attached hydrogen (secondary N) is 9. The number of halogens is 3. The van der Waals surface area contributed by atoms with E-state index in [4.69, 9.17) is 34.4 Å². The lowest BCUT2D eigenvalue weighted by atomic mass is 9.98. The molecule has 1 fully saturated rings. The van der Waals surface area contributed by atoms with Crippen LogP contribution in [0.4, 0.5) is 13.2 Å². The summed E-state index contributed by atoms with van der Waals surface area (Å²) in [5, 5.41) is 20.6. The number of hydrogen-bond acceptors (Lipinski definition) is 12. The maximum atomic E-state index is 14.7. The quantitative estimate of drug-likeness (QED) is 0.0322. The van der Waals surface area contributed by atoms with Gasteiger partial charge in [0.25, 0.3) is 0 Å². The third-order valence-corrected chi connectivity index (χ3v) is 12.6. The van der Waals surface area contributed by atoms with E-state index < -0.39 is 151 Å². The molecule has 4 rings (SSSR count). The summed E-state index contributed by atoms with van der Waals surface area (Å²) in [6.07, 6.45) is -6.93. The zero-order chi connectivity index (χ0) is 59.1. The molecule has 80 heavy (non-hydrogen) atoms. The predicted octanol–water partition coefficient (Wildman–Crippen LogP) is -3.07. The van der Waals surface area contributed by atoms with Crippen molar-refractivity contribution in [3.63, 3.8) is 0 Å². The molecule has 21 N–H and O–H groups in total. The van der Waals surface area contributed by atoms with Crippen molar-refractivity contribution in [1.82, 2.24) is 47.5 Å². The first-order chi connectivity index (χ1) is 37.8. The van der Waals surface area contributed by atoms with E-state index in [-0.39, 0.29) is 76.5 Å². The van der Waals surface area contributed by atoms with Gasteiger partial charge in [-0.25, -0.2) is 0 Å². The lowest BCUT2D eigenvalue weighted by molar-refractivity contribution is -0.139. The van der Waals surface area contributed by atoms with Crippen LogP contribution in [0.3, 0.4) is 0 Å². The molecule has 2 aromatic carbocycles. The third kappa shape index (κ3) is 21.1. The number of fused-ring (bicyclic) bond motifs is 1. The Morgan fingerprint density at radius 1 is 0.688 bits per heavy atom. The number of carbonyl (C=O) groups excluding carboxylic acids is 10. The number of aliphatic imine (C=N–C) groups is 2. The molecule has 1 saturated heterocycles. The first-order valence-electron chi connectivity index (χ1n) is 25.6. The Morgan fingerprint density at radius 2 is 1.25 bits per heavy atom. The van der Waals surface area contributed by atoms with Crippen LogP contribution in [0.25, 0.3) is 10.9 Å². The monoisotopic (exact) mass is 1130 g/mol. The van der Waals surface area contributed by atoms with Crippen LogP contribution < -0.4 is 76.9 Å². The number of H-pyrrole nitrogens is 1. The van der Waals surface area contributed by atoms with Crippen LogP contribution in [0, 0.1) is 0 Å². The molecule has 2 heterocycles. The van der Waals surface area contributed by atoms with Crippen LogP contribution in [0.15, 0.2) is 64.7 Å². The molecule has 30 heteroatoms. The number of guanidine groups is 2. The zero-order valence-corrected chi connectivity index (χ0v) is 43.9. The van der Waals surface area contributed by atoms with Crippen LogP contribution in [0.5, 0.6) is 0 Å². The van der Waals surface area contributed by atoms with Crippen molar-refractivity contribution in [2.24, 2.45) is 44.4 Å². The normalized spacial score (nSPS) is 20.7. The minimum absolute atomic E-state index is 0.0216. The first-order valence-corrected chi connectivity index (χ1v) is 25.6. The standard InChI is InChI=1S/C50H70F3N17O10/c1-26(71)64-33(14-7-21-61-48(56)57)42(75)68-36-17-19-40(73)60-20-6-13-32(41(55)74)65-46(79)38(24-28-25-63-31-12-5-3-10-29(28)31)70-43(76)34(15-8-22-62-49(58)59)66-47(80)37(23-27-9-2-4-11-30(27)50(51,52)53)69-45(78)35(67-44(36)77)16-18-39(54)72/h2-5,9-12,25,32-38,63H,6-8,13-24H2,1H3,(H2,54,72)(H2,55,74)(H,60,73)(H,64,71)(H,65,79)(H,66,80)(H,67,77)(H,68,75)(H,69,78)(H,70,76)(H4,56,57,61)(H4,58,59,62)/t32-,33-,34-,35-,36-,37+,38-/m0/s1. The number of nitrogens with two attached hydrogens (primary N) is 6. The Morgan fingerprint density at radius 3 is 1.88 bits per heavy atom. The minimum atomic E-state index is -4.98. The van der Waals surface area contributed by atoms with Crippen molar-refractivity contribution in [2.45, 2.75) is 132 Å². The van der Waals surface area contributed by atoms with Crippen molar-refractivity contribution in [2.75, 3.05) is 19.6 Å². The lowest BCUT2D eigenvalue weighted by Gasteiger charge is -2.28. The number of amides is 10. The largest absolute Gasteiger partial charge is 0.416 e. The Balaban J connectivity index is 1.85. The molecule has 1 aliphatic rings. The second-order valence-electron chi connectivity index (χ2n) is 18.9. The SMILES string of the molecule is CC(=O)N[C@@H](CCCN=C(N)N)C(=O)N[C@H]1CCC(=O)NCCC[C@@H](C(N)=O)NC(=O)[C@H](Cc2c[nH]c3ccccc23)NC(=O)[C@H](CCCN=C(N)N)NC(=O)[C@@H](Cc2ccccc2C(F)(F)F)NC(=O)[C@H](CCC(N)=O)NC1=O. The molecule has 0 saturated carbocycles. The molecular weight excluding hydrogens is 1060 g/mol. The first kappa shape index (κ1) is 63.5. The van der Waals surface area contributed by atoms with Gasteiger partial charge in [0.1, 0.15) is 42.3 Å². The lowest BCUT2D eigenvalue weighted by Crippen LogP contribution is -2.60. The van der Waals surface area contributed by atoms with E-state index in [0.717, 1.165) is 25.1 Å². The molecule has 0 spiro atoms. The molecule has 10 amide bonds. The van der Waals surface area contributed by atoms with Crippen LogP contribution in [0.2, 0.25) is 0 Å². The highest BCUT2D eigenvalue weighted by Gasteiger charge is 2.38. The molecule has 1 aromatic heterocycles. The van der Waals surface area contributed by atoms with Crippen LogP contribution in [0.1, 0.15) is 87.8 Å². The fourth-order valence-corrected chi connectivity index (χ4v) is 8.57. The average molecular weight is 1130 g/mol. The number of rotatable bonds is 19. The minimum Gasteiger partial charge on any atom is -0.370 e. The van der Waals surface area contributed by atoms with Crippen molar-refractivity contribution >= 4 is 81.9 Å². The van der Waals surface area contributed by atoms with E-state index >= 15 is 0 Å². The van der Waals surface area contributed by atoms with Gasteiger partial charge in [-0.2, -0.15) is 13.2 Å². The highest BCUT2D eigenvalue weighted by molar-refractivity contribution is 5.98. The van der Waals surface area contributed by atoms with E-state index in [0.29, 0.717) is 16.5 Å². The second-order valence-corrected chi connectivity index (χ2v) is 18.9. The fraction of sp³-hybridized carbons (Fsp3) is 0.480. The summed E-state index contributed by atoms with van der Waals surface area (Å²) < 4.78 is 43.6. The van der Waals surface area contributed by atoms with Gasteiger partial charge in [0.05, 0.1) is 5.56 Å². The summed E-state index contributed by atoms with van der Waals surface area (Å²) in [5.41, 5.74) is 32.6. The summed E-state index contributed by atoms with van der Waals surface area (Å²) in [4.78, 5) is 148. The van der Waals surface area contributed by atoms with Crippen LogP contribution in [-0.4, -0.2) is 138 Å². The molecule has 436 valence electrons. The van der Waals surface area contributed by atoms with E-state index in [1.54, 1.807) is 30.5 Å². The number of para-hydroxylation sites is 1. The Kier molecular flexibility index (Phi) is 24.5. The van der Waals surface area contributed by atoms with Crippen LogP contribution in [-0.2, 0) is 67.0 Å². The number of carbonyl (C=O) groups is 10. The van der Waals surface area contributed by atoms with E-state index in [2.05, 4.69) is 57.5 Å². The van der Waals surface area contributed by atoms with Crippen molar-refractivity contribution in [3.8, 4) is 0 Å². The molecule has 0 unspecified atom stereocenters. The van der Waals surface area contributed by atoms with Gasteiger partial charge in [0, 0.05) is 69.3 Å². The van der Waals surface area contributed by atoms with E-state index in [1.807, 2.05) is 0 Å². The molecule has 3 aromatic rings. The number of benzene rings is 2. The third-order valence-electron chi connectivity index (χ3n) is 12.6. The molecule has 27 nitrogen and oxygen atoms in total. The second kappa shape index (κ2) is 30.8. The van der Waals surface area contributed by atoms with Gasteiger partial charge in [-0.1, -0.05) is 36.4 Å². The van der Waals surface area contributed by atoms with Gasteiger partial charge < -0.3 is 81.9 Å². The summed E-state index contributed by atoms with van der Waals surface area (Å²) in [6, 6.07) is -0.204. The zero-order valence-electron chi connectivity index (χ0n) is 43.9. The molecular formula is C50H70F3N17O10. The van der Waals surface area contributed by atoms with Gasteiger partial charge >= 0.3 is 6.18 Å². The van der Waals surface area contributed by atoms with Gasteiger partial charge in [-0.15, -0.1) is 0 Å². The number of aromatic amines is 1. The maximum absolute atomic E-state index is 14.7. The number of hydrogen-bond donors (Lipinski definition) is 15. The number of alkyl halides is 3. The molecule has 1 aliphatic heterocycles. The van der Waals surface area contributed by atoms with Crippen molar-refractivity contribution in [3.05, 3.63) is 71.4 Å².